The third-order valence-electron chi connectivity index (χ3n) is 4.21. The van der Waals surface area contributed by atoms with Crippen LogP contribution in [0.5, 0.6) is 0 Å². The molecule has 0 atom stereocenters. The average Bonchev–Trinajstić information content (AvgIpc) is 2.46. The molecule has 4 nitrogen and oxygen atoms in total. The molecule has 6 heteroatoms. The number of hydrogen-bond acceptors (Lipinski definition) is 4. The Morgan fingerprint density at radius 1 is 0.522 bits per heavy atom. The molecule has 2 aliphatic heterocycles. The van der Waals surface area contributed by atoms with Crippen LogP contribution in [0.25, 0.3) is 0 Å². The molecule has 3 rings (SSSR count). The maximum absolute atomic E-state index is 12.1. The first-order valence-electron chi connectivity index (χ1n) is 8.35. The second kappa shape index (κ2) is 8.29. The van der Waals surface area contributed by atoms with Gasteiger partial charge < -0.3 is 0 Å². The van der Waals surface area contributed by atoms with Gasteiger partial charge in [-0.25, -0.2) is 16.8 Å². The predicted octanol–water partition coefficient (Wildman–Crippen LogP) is 3.26. The first-order valence-corrected chi connectivity index (χ1v) is 12.0. The van der Waals surface area contributed by atoms with Crippen molar-refractivity contribution < 1.29 is 16.8 Å². The zero-order valence-corrected chi connectivity index (χ0v) is 15.2. The maximum atomic E-state index is 12.1. The summed E-state index contributed by atoms with van der Waals surface area (Å²) >= 11 is 0. The summed E-state index contributed by atoms with van der Waals surface area (Å²) in [5, 5.41) is 0. The van der Waals surface area contributed by atoms with E-state index in [9.17, 15) is 16.8 Å². The molecule has 0 amide bonds. The van der Waals surface area contributed by atoms with Crippen LogP contribution in [0.3, 0.4) is 0 Å². The monoisotopic (exact) mass is 358 g/mol. The van der Waals surface area contributed by atoms with Gasteiger partial charge in [0.15, 0.2) is 19.7 Å². The molecule has 130 valence electrons. The smallest absolute Gasteiger partial charge is 0.154 e. The van der Waals surface area contributed by atoms with Crippen LogP contribution >= 0.6 is 0 Å². The fraction of sp³-hybridized carbons (Fsp3) is 0.647. The lowest BCUT2D eigenvalue weighted by atomic mass is 10.1. The fourth-order valence-corrected chi connectivity index (χ4v) is 5.89. The minimum Gasteiger partial charge on any atom is -0.228 e. The standard InChI is InChI=1S/C17H26O4S2/c18-22(19)12-6-4-2-1-3-5-7-13-23(20,21)15-17-10-8-16(14-22)9-11-17/h8-11H,1-7,12-15H2. The fourth-order valence-electron chi connectivity index (χ4n) is 2.91. The Morgan fingerprint density at radius 2 is 0.826 bits per heavy atom. The van der Waals surface area contributed by atoms with Gasteiger partial charge in [-0.2, -0.15) is 0 Å². The molecule has 1 aromatic carbocycles. The van der Waals surface area contributed by atoms with Gasteiger partial charge in [-0.15, -0.1) is 0 Å². The van der Waals surface area contributed by atoms with Crippen molar-refractivity contribution in [1.82, 2.24) is 0 Å². The van der Waals surface area contributed by atoms with Crippen LogP contribution in [0.4, 0.5) is 0 Å². The molecular formula is C17H26O4S2. The Balaban J connectivity index is 2.12. The highest BCUT2D eigenvalue weighted by atomic mass is 32.2. The number of rotatable bonds is 0. The van der Waals surface area contributed by atoms with Crippen molar-refractivity contribution in [2.24, 2.45) is 0 Å². The predicted molar refractivity (Wildman–Crippen MR) is 93.7 cm³/mol. The summed E-state index contributed by atoms with van der Waals surface area (Å²) in [5.41, 5.74) is 1.46. The second-order valence-corrected chi connectivity index (χ2v) is 10.8. The molecule has 1 aromatic rings. The van der Waals surface area contributed by atoms with Crippen molar-refractivity contribution in [3.05, 3.63) is 35.4 Å². The summed E-state index contributed by atoms with van der Waals surface area (Å²) in [5.74, 6) is 0.562. The van der Waals surface area contributed by atoms with E-state index < -0.39 is 19.7 Å². The van der Waals surface area contributed by atoms with Crippen molar-refractivity contribution in [2.75, 3.05) is 11.5 Å². The molecule has 0 aromatic heterocycles. The van der Waals surface area contributed by atoms with Gasteiger partial charge in [0.1, 0.15) is 0 Å². The Hall–Kier alpha value is -0.880. The van der Waals surface area contributed by atoms with E-state index in [4.69, 9.17) is 0 Å². The number of hydrogen-bond donors (Lipinski definition) is 0. The molecule has 0 N–H and O–H groups in total. The lowest BCUT2D eigenvalue weighted by Crippen LogP contribution is -2.10. The van der Waals surface area contributed by atoms with Gasteiger partial charge >= 0.3 is 0 Å². The van der Waals surface area contributed by atoms with Crippen LogP contribution in [0.1, 0.15) is 56.1 Å². The molecule has 0 saturated carbocycles. The van der Waals surface area contributed by atoms with Crippen molar-refractivity contribution in [3.8, 4) is 0 Å². The van der Waals surface area contributed by atoms with Crippen LogP contribution in [0.15, 0.2) is 24.3 Å². The normalized spacial score (nSPS) is 23.1. The molecule has 23 heavy (non-hydrogen) atoms. The topological polar surface area (TPSA) is 68.3 Å². The molecule has 0 radical (unpaired) electrons. The maximum Gasteiger partial charge on any atom is 0.154 e. The van der Waals surface area contributed by atoms with E-state index in [0.717, 1.165) is 56.1 Å². The van der Waals surface area contributed by atoms with Crippen LogP contribution in [0, 0.1) is 0 Å². The molecule has 2 heterocycles. The summed E-state index contributed by atoms with van der Waals surface area (Å²) in [6.07, 6.45) is 6.39. The number of fused-ring (bicyclic) bond motifs is 14. The van der Waals surface area contributed by atoms with E-state index in [1.165, 1.54) is 0 Å². The minimum absolute atomic E-state index is 0.0417. The zero-order valence-electron chi connectivity index (χ0n) is 13.5. The van der Waals surface area contributed by atoms with Gasteiger partial charge in [0, 0.05) is 0 Å². The van der Waals surface area contributed by atoms with E-state index in [1.807, 2.05) is 0 Å². The lowest BCUT2D eigenvalue weighted by molar-refractivity contribution is 0.573. The van der Waals surface area contributed by atoms with Crippen LogP contribution < -0.4 is 0 Å². The lowest BCUT2D eigenvalue weighted by Gasteiger charge is -2.06. The third-order valence-corrected chi connectivity index (χ3v) is 7.57. The zero-order chi connectivity index (χ0) is 16.8. The van der Waals surface area contributed by atoms with Gasteiger partial charge in [0.25, 0.3) is 0 Å². The third kappa shape index (κ3) is 7.04. The minimum atomic E-state index is -3.08. The van der Waals surface area contributed by atoms with Crippen molar-refractivity contribution in [1.29, 1.82) is 0 Å². The first-order chi connectivity index (χ1) is 10.9. The molecule has 0 aliphatic carbocycles. The van der Waals surface area contributed by atoms with Gasteiger partial charge in [0.05, 0.1) is 23.0 Å². The van der Waals surface area contributed by atoms with Crippen LogP contribution in [-0.4, -0.2) is 28.3 Å². The van der Waals surface area contributed by atoms with Gasteiger partial charge in [-0.05, 0) is 24.0 Å². The SMILES string of the molecule is O=S1(=O)CCCCCCCCCS(=O)(=O)Cc2ccc(cc2)C1. The first kappa shape index (κ1) is 18.5. The molecule has 0 saturated heterocycles. The Morgan fingerprint density at radius 3 is 1.17 bits per heavy atom. The van der Waals surface area contributed by atoms with E-state index in [0.29, 0.717) is 0 Å². The van der Waals surface area contributed by atoms with Crippen LogP contribution in [0.2, 0.25) is 0 Å². The summed E-state index contributed by atoms with van der Waals surface area (Å²) in [6.45, 7) is 0. The molecule has 2 aliphatic rings. The molecule has 0 spiro atoms. The Bertz CT molecular complexity index is 628. The van der Waals surface area contributed by atoms with Gasteiger partial charge in [-0.1, -0.05) is 56.4 Å². The quantitative estimate of drug-likeness (QED) is 0.714. The van der Waals surface area contributed by atoms with E-state index in [-0.39, 0.29) is 23.0 Å². The van der Waals surface area contributed by atoms with Gasteiger partial charge in [-0.3, -0.25) is 0 Å². The number of benzene rings is 1. The average molecular weight is 359 g/mol. The summed E-state index contributed by atoms with van der Waals surface area (Å²) in [6, 6.07) is 6.95. The second-order valence-electron chi connectivity index (χ2n) is 6.48. The molecule has 0 unspecified atom stereocenters. The van der Waals surface area contributed by atoms with E-state index in [1.54, 1.807) is 24.3 Å². The van der Waals surface area contributed by atoms with Crippen LogP contribution in [-0.2, 0) is 31.2 Å². The van der Waals surface area contributed by atoms with E-state index in [2.05, 4.69) is 0 Å². The summed E-state index contributed by atoms with van der Waals surface area (Å²) < 4.78 is 48.5. The highest BCUT2D eigenvalue weighted by Crippen LogP contribution is 2.16. The molecular weight excluding hydrogens is 332 g/mol. The van der Waals surface area contributed by atoms with Gasteiger partial charge in [0.2, 0.25) is 0 Å². The molecule has 2 bridgehead atoms. The highest BCUT2D eigenvalue weighted by molar-refractivity contribution is 7.90. The Kier molecular flexibility index (Phi) is 6.65. The van der Waals surface area contributed by atoms with Crippen molar-refractivity contribution in [3.63, 3.8) is 0 Å². The van der Waals surface area contributed by atoms with Crippen molar-refractivity contribution in [2.45, 2.75) is 56.5 Å². The van der Waals surface area contributed by atoms with E-state index >= 15 is 0 Å². The largest absolute Gasteiger partial charge is 0.228 e. The number of sulfone groups is 2. The highest BCUT2D eigenvalue weighted by Gasteiger charge is 2.14. The summed E-state index contributed by atoms with van der Waals surface area (Å²) in [4.78, 5) is 0. The summed E-state index contributed by atoms with van der Waals surface area (Å²) in [7, 11) is -6.16. The molecule has 0 fully saturated rings. The van der Waals surface area contributed by atoms with Crippen molar-refractivity contribution >= 4 is 19.7 Å². The Labute approximate surface area is 140 Å².